The van der Waals surface area contributed by atoms with E-state index in [1.165, 1.54) is 63.6 Å². The summed E-state index contributed by atoms with van der Waals surface area (Å²) in [7, 11) is 0. The average molecular weight is 641 g/mol. The molecule has 49 heavy (non-hydrogen) atoms. The minimum absolute atomic E-state index is 0.718. The molecule has 0 atom stereocenters. The summed E-state index contributed by atoms with van der Waals surface area (Å²) in [6, 6.07) is 60.7. The Morgan fingerprint density at radius 3 is 1.59 bits per heavy atom. The largest absolute Gasteiger partial charge is 0.228 e. The van der Waals surface area contributed by atoms with Gasteiger partial charge in [-0.15, -0.1) is 11.3 Å². The Balaban J connectivity index is 1.21. The van der Waals surface area contributed by atoms with Crippen LogP contribution in [0.15, 0.2) is 170 Å². The van der Waals surface area contributed by atoms with Crippen LogP contribution in [-0.4, -0.2) is 9.97 Å². The molecule has 2 heterocycles. The maximum absolute atomic E-state index is 5.19. The van der Waals surface area contributed by atoms with Gasteiger partial charge in [0.2, 0.25) is 0 Å². The van der Waals surface area contributed by atoms with E-state index in [4.69, 9.17) is 9.97 Å². The van der Waals surface area contributed by atoms with Crippen molar-refractivity contribution in [1.82, 2.24) is 9.97 Å². The van der Waals surface area contributed by atoms with Gasteiger partial charge in [0.05, 0.1) is 11.4 Å². The molecule has 0 aliphatic carbocycles. The van der Waals surface area contributed by atoms with Crippen molar-refractivity contribution in [2.24, 2.45) is 0 Å². The highest BCUT2D eigenvalue weighted by Crippen LogP contribution is 2.45. The molecule has 0 fully saturated rings. The summed E-state index contributed by atoms with van der Waals surface area (Å²) in [5, 5.41) is 10.3. The predicted molar refractivity (Wildman–Crippen MR) is 209 cm³/mol. The first kappa shape index (κ1) is 27.9. The van der Waals surface area contributed by atoms with E-state index >= 15 is 0 Å². The fraction of sp³-hybridized carbons (Fsp3) is 0. The van der Waals surface area contributed by atoms with Gasteiger partial charge in [0.15, 0.2) is 5.82 Å². The minimum atomic E-state index is 0.718. The van der Waals surface area contributed by atoms with Gasteiger partial charge in [0.25, 0.3) is 0 Å². The summed E-state index contributed by atoms with van der Waals surface area (Å²) in [6.45, 7) is 0. The number of hydrogen-bond acceptors (Lipinski definition) is 3. The first-order valence-electron chi connectivity index (χ1n) is 16.6. The van der Waals surface area contributed by atoms with E-state index in [1.54, 1.807) is 0 Å². The number of aromatic nitrogens is 2. The maximum Gasteiger partial charge on any atom is 0.160 e. The van der Waals surface area contributed by atoms with Crippen LogP contribution < -0.4 is 0 Å². The Bertz CT molecular complexity index is 2850. The second-order valence-electron chi connectivity index (χ2n) is 12.5. The molecule has 228 valence electrons. The van der Waals surface area contributed by atoms with Gasteiger partial charge in [0.1, 0.15) is 0 Å². The summed E-state index contributed by atoms with van der Waals surface area (Å²) in [5.41, 5.74) is 7.31. The molecule has 8 aromatic carbocycles. The third-order valence-electron chi connectivity index (χ3n) is 9.68. The zero-order valence-electron chi connectivity index (χ0n) is 26.5. The van der Waals surface area contributed by atoms with Crippen molar-refractivity contribution in [1.29, 1.82) is 0 Å². The van der Waals surface area contributed by atoms with Crippen molar-refractivity contribution in [3.05, 3.63) is 170 Å². The molecule has 0 aliphatic rings. The van der Waals surface area contributed by atoms with Crippen molar-refractivity contribution in [3.8, 4) is 45.0 Å². The van der Waals surface area contributed by atoms with Crippen LogP contribution in [0.5, 0.6) is 0 Å². The average Bonchev–Trinajstić information content (AvgIpc) is 3.57. The molecule has 0 aliphatic heterocycles. The molecule has 0 bridgehead atoms. The number of hydrogen-bond donors (Lipinski definition) is 0. The second-order valence-corrected chi connectivity index (χ2v) is 13.6. The van der Waals surface area contributed by atoms with Crippen LogP contribution in [0.1, 0.15) is 0 Å². The SMILES string of the molecule is c1ccc(-c2ccc(-c3cc(-c4ccc5c(c4)c4ccccc4c4ccc6sc7ccccc7c6c45)nc(-c4ccccc4)n3)cc2)cc1. The lowest BCUT2D eigenvalue weighted by atomic mass is 9.90. The van der Waals surface area contributed by atoms with Gasteiger partial charge in [-0.05, 0) is 67.7 Å². The maximum atomic E-state index is 5.19. The van der Waals surface area contributed by atoms with Crippen LogP contribution in [0, 0.1) is 0 Å². The van der Waals surface area contributed by atoms with Gasteiger partial charge in [-0.25, -0.2) is 9.97 Å². The third-order valence-corrected chi connectivity index (χ3v) is 10.8. The number of benzene rings is 8. The number of fused-ring (bicyclic) bond motifs is 10. The summed E-state index contributed by atoms with van der Waals surface area (Å²) < 4.78 is 2.64. The van der Waals surface area contributed by atoms with E-state index in [2.05, 4.69) is 146 Å². The van der Waals surface area contributed by atoms with E-state index in [0.29, 0.717) is 0 Å². The Morgan fingerprint density at radius 2 is 0.837 bits per heavy atom. The molecule has 0 unspecified atom stereocenters. The smallest absolute Gasteiger partial charge is 0.160 e. The molecule has 2 nitrogen and oxygen atoms in total. The highest BCUT2D eigenvalue weighted by atomic mass is 32.1. The monoisotopic (exact) mass is 640 g/mol. The lowest BCUT2D eigenvalue weighted by molar-refractivity contribution is 1.18. The molecule has 3 heteroatoms. The number of thiophene rings is 1. The van der Waals surface area contributed by atoms with Crippen LogP contribution >= 0.6 is 11.3 Å². The lowest BCUT2D eigenvalue weighted by Crippen LogP contribution is -1.96. The molecule has 0 spiro atoms. The Hall–Kier alpha value is -6.16. The topological polar surface area (TPSA) is 25.8 Å². The zero-order valence-corrected chi connectivity index (χ0v) is 27.3. The highest BCUT2D eigenvalue weighted by molar-refractivity contribution is 7.26. The van der Waals surface area contributed by atoms with Crippen LogP contribution in [-0.2, 0) is 0 Å². The van der Waals surface area contributed by atoms with Gasteiger partial charge in [-0.2, -0.15) is 0 Å². The van der Waals surface area contributed by atoms with Gasteiger partial charge < -0.3 is 0 Å². The van der Waals surface area contributed by atoms with Crippen molar-refractivity contribution in [3.63, 3.8) is 0 Å². The standard InChI is InChI=1S/C46H28N2S/c1-3-11-29(12-4-1)30-19-21-31(22-20-30)40-28-41(48-46(47-40)32-13-5-2-6-14-32)33-23-24-37-39(27-33)35-16-8-7-15-34(35)36-25-26-43-45(44(36)37)38-17-9-10-18-42(38)49-43/h1-28H. The normalized spacial score (nSPS) is 11.7. The molecule has 2 aromatic heterocycles. The lowest BCUT2D eigenvalue weighted by Gasteiger charge is -2.14. The quantitative estimate of drug-likeness (QED) is 0.179. The second kappa shape index (κ2) is 11.2. The van der Waals surface area contributed by atoms with Crippen LogP contribution in [0.3, 0.4) is 0 Å². The van der Waals surface area contributed by atoms with E-state index < -0.39 is 0 Å². The first-order valence-corrected chi connectivity index (χ1v) is 17.4. The fourth-order valence-electron chi connectivity index (χ4n) is 7.34. The van der Waals surface area contributed by atoms with Gasteiger partial charge in [-0.1, -0.05) is 146 Å². The Labute approximate surface area is 287 Å². The summed E-state index contributed by atoms with van der Waals surface area (Å²) in [6.07, 6.45) is 0. The fourth-order valence-corrected chi connectivity index (χ4v) is 8.46. The van der Waals surface area contributed by atoms with E-state index in [1.807, 2.05) is 35.6 Å². The summed E-state index contributed by atoms with van der Waals surface area (Å²) >= 11 is 1.87. The zero-order chi connectivity index (χ0) is 32.3. The third kappa shape index (κ3) is 4.62. The van der Waals surface area contributed by atoms with Crippen LogP contribution in [0.4, 0.5) is 0 Å². The van der Waals surface area contributed by atoms with Crippen molar-refractivity contribution in [2.45, 2.75) is 0 Å². The van der Waals surface area contributed by atoms with E-state index in [0.717, 1.165) is 33.9 Å². The molecule has 0 radical (unpaired) electrons. The van der Waals surface area contributed by atoms with E-state index in [9.17, 15) is 0 Å². The summed E-state index contributed by atoms with van der Waals surface area (Å²) in [4.78, 5) is 10.3. The van der Waals surface area contributed by atoms with Gasteiger partial charge >= 0.3 is 0 Å². The molecular weight excluding hydrogens is 613 g/mol. The first-order chi connectivity index (χ1) is 24.3. The van der Waals surface area contributed by atoms with Gasteiger partial charge in [0, 0.05) is 36.9 Å². The van der Waals surface area contributed by atoms with Crippen molar-refractivity contribution < 1.29 is 0 Å². The van der Waals surface area contributed by atoms with Crippen molar-refractivity contribution >= 4 is 63.8 Å². The molecule has 0 amide bonds. The molecule has 0 N–H and O–H groups in total. The molecule has 0 saturated heterocycles. The van der Waals surface area contributed by atoms with Crippen LogP contribution in [0.25, 0.3) is 97.5 Å². The predicted octanol–water partition coefficient (Wildman–Crippen LogP) is 13.0. The van der Waals surface area contributed by atoms with Gasteiger partial charge in [-0.3, -0.25) is 0 Å². The highest BCUT2D eigenvalue weighted by Gasteiger charge is 2.17. The molecule has 10 rings (SSSR count). The van der Waals surface area contributed by atoms with Crippen molar-refractivity contribution in [2.75, 3.05) is 0 Å². The Morgan fingerprint density at radius 1 is 0.306 bits per heavy atom. The Kier molecular flexibility index (Phi) is 6.39. The molecule has 0 saturated carbocycles. The molecule has 10 aromatic rings. The summed E-state index contributed by atoms with van der Waals surface area (Å²) in [5.74, 6) is 0.718. The van der Waals surface area contributed by atoms with Crippen LogP contribution in [0.2, 0.25) is 0 Å². The number of nitrogens with zero attached hydrogens (tertiary/aromatic N) is 2. The number of rotatable bonds is 4. The minimum Gasteiger partial charge on any atom is -0.228 e. The van der Waals surface area contributed by atoms with E-state index in [-0.39, 0.29) is 0 Å². The molecular formula is C46H28N2S.